The van der Waals surface area contributed by atoms with E-state index in [1.165, 1.54) is 39.4 Å². The van der Waals surface area contributed by atoms with Gasteiger partial charge in [-0.3, -0.25) is 4.79 Å². The van der Waals surface area contributed by atoms with Crippen molar-refractivity contribution in [2.75, 3.05) is 12.4 Å². The highest BCUT2D eigenvalue weighted by Gasteiger charge is 2.22. The highest BCUT2D eigenvalue weighted by atomic mass is 35.5. The van der Waals surface area contributed by atoms with Crippen molar-refractivity contribution in [1.82, 2.24) is 19.2 Å². The lowest BCUT2D eigenvalue weighted by Gasteiger charge is -2.12. The fourth-order valence-electron chi connectivity index (χ4n) is 4.04. The number of nitrogens with zero attached hydrogens (tertiary/aromatic N) is 4. The van der Waals surface area contributed by atoms with Gasteiger partial charge in [0.2, 0.25) is 5.91 Å². The average Bonchev–Trinajstić information content (AvgIpc) is 3.28. The Morgan fingerprint density at radius 3 is 2.94 bits per heavy atom. The first kappa shape index (κ1) is 20.0. The van der Waals surface area contributed by atoms with Crippen LogP contribution < -0.4 is 15.7 Å². The van der Waals surface area contributed by atoms with Crippen LogP contribution in [0.2, 0.25) is 5.02 Å². The molecule has 0 fully saturated rings. The molecule has 1 aliphatic carbocycles. The number of aromatic nitrogens is 4. The number of hydrogen-bond acceptors (Lipinski definition) is 6. The number of benzene rings is 1. The first-order chi connectivity index (χ1) is 15.0. The van der Waals surface area contributed by atoms with Crippen molar-refractivity contribution in [1.29, 1.82) is 0 Å². The maximum atomic E-state index is 12.9. The molecule has 1 aliphatic rings. The molecule has 0 aliphatic heterocycles. The van der Waals surface area contributed by atoms with Gasteiger partial charge in [0.05, 0.1) is 18.2 Å². The van der Waals surface area contributed by atoms with E-state index < -0.39 is 5.69 Å². The number of methoxy groups -OCH3 is 1. The first-order valence-electron chi connectivity index (χ1n) is 9.98. The van der Waals surface area contributed by atoms with Gasteiger partial charge in [0.15, 0.2) is 5.65 Å². The normalized spacial score (nSPS) is 13.5. The lowest BCUT2D eigenvalue weighted by Crippen LogP contribution is -2.28. The lowest BCUT2D eigenvalue weighted by molar-refractivity contribution is -0.117. The van der Waals surface area contributed by atoms with Crippen LogP contribution >= 0.6 is 22.9 Å². The van der Waals surface area contributed by atoms with Crippen molar-refractivity contribution in [3.8, 4) is 5.75 Å². The van der Waals surface area contributed by atoms with Gasteiger partial charge in [0, 0.05) is 16.0 Å². The van der Waals surface area contributed by atoms with Gasteiger partial charge < -0.3 is 10.1 Å². The summed E-state index contributed by atoms with van der Waals surface area (Å²) >= 11 is 7.80. The number of aryl methyl sites for hydroxylation is 3. The van der Waals surface area contributed by atoms with E-state index in [9.17, 15) is 9.59 Å². The molecule has 0 atom stereocenters. The molecule has 1 N–H and O–H groups in total. The lowest BCUT2D eigenvalue weighted by atomic mass is 9.97. The van der Waals surface area contributed by atoms with Gasteiger partial charge in [-0.15, -0.1) is 16.4 Å². The third-order valence-corrected chi connectivity index (χ3v) is 7.19. The van der Waals surface area contributed by atoms with Gasteiger partial charge in [0.25, 0.3) is 0 Å². The van der Waals surface area contributed by atoms with E-state index in [0.717, 1.165) is 35.0 Å². The number of amides is 1. The molecule has 0 radical (unpaired) electrons. The smallest absolute Gasteiger partial charge is 0.352 e. The Balaban J connectivity index is 1.50. The second kappa shape index (κ2) is 7.65. The molecule has 31 heavy (non-hydrogen) atoms. The molecule has 0 spiro atoms. The molecule has 1 amide bonds. The number of carbonyl (C=O) groups is 1. The number of anilines is 1. The predicted octanol–water partition coefficient (Wildman–Crippen LogP) is 3.59. The highest BCUT2D eigenvalue weighted by molar-refractivity contribution is 7.19. The van der Waals surface area contributed by atoms with E-state index in [-0.39, 0.29) is 12.5 Å². The predicted molar refractivity (Wildman–Crippen MR) is 121 cm³/mol. The van der Waals surface area contributed by atoms with Gasteiger partial charge in [-0.05, 0) is 49.8 Å². The number of fused-ring (bicyclic) bond motifs is 5. The summed E-state index contributed by atoms with van der Waals surface area (Å²) in [6.45, 7) is 1.61. The molecule has 0 saturated heterocycles. The third kappa shape index (κ3) is 3.37. The van der Waals surface area contributed by atoms with Crippen molar-refractivity contribution in [2.24, 2.45) is 0 Å². The minimum absolute atomic E-state index is 0.223. The number of ether oxygens (including phenoxy) is 1. The fourth-order valence-corrected chi connectivity index (χ4v) is 5.41. The molecule has 3 aromatic heterocycles. The summed E-state index contributed by atoms with van der Waals surface area (Å²) in [7, 11) is 1.50. The largest absolute Gasteiger partial charge is 0.495 e. The number of nitrogens with one attached hydrogen (secondary N) is 1. The Kier molecular flexibility index (Phi) is 4.94. The Morgan fingerprint density at radius 1 is 1.32 bits per heavy atom. The molecule has 0 saturated carbocycles. The van der Waals surface area contributed by atoms with Gasteiger partial charge in [-0.2, -0.15) is 0 Å². The monoisotopic (exact) mass is 457 g/mol. The van der Waals surface area contributed by atoms with Crippen molar-refractivity contribution in [2.45, 2.75) is 39.2 Å². The molecular formula is C21H20ClN5O3S. The standard InChI is InChI=1S/C21H20ClN5O3S/c1-11-7-14(15(30-2)8-13(11)22)24-17(28)9-27-21(29)26-10-23-20-18(19(26)25-27)12-5-3-4-6-16(12)31-20/h7-8,10H,3-6,9H2,1-2H3,(H,24,28). The SMILES string of the molecule is COc1cc(Cl)c(C)cc1NC(=O)Cn1nc2c3c4c(sc3ncn2c1=O)CCCC4. The number of thiophene rings is 1. The van der Waals surface area contributed by atoms with E-state index >= 15 is 0 Å². The summed E-state index contributed by atoms with van der Waals surface area (Å²) in [4.78, 5) is 32.3. The van der Waals surface area contributed by atoms with Gasteiger partial charge in [0.1, 0.15) is 23.5 Å². The molecule has 0 bridgehead atoms. The third-order valence-electron chi connectivity index (χ3n) is 5.59. The average molecular weight is 458 g/mol. The molecule has 8 nitrogen and oxygen atoms in total. The quantitative estimate of drug-likeness (QED) is 0.505. The van der Waals surface area contributed by atoms with Crippen LogP contribution in [0.1, 0.15) is 28.8 Å². The summed E-state index contributed by atoms with van der Waals surface area (Å²) in [5.74, 6) is 0.0594. The number of hydrogen-bond donors (Lipinski definition) is 1. The number of rotatable bonds is 4. The molecule has 0 unspecified atom stereocenters. The second-order valence-electron chi connectivity index (χ2n) is 7.62. The maximum absolute atomic E-state index is 12.9. The molecule has 1 aromatic carbocycles. The Bertz CT molecular complexity index is 1400. The van der Waals surface area contributed by atoms with E-state index in [0.29, 0.717) is 22.1 Å². The van der Waals surface area contributed by atoms with Crippen LogP contribution in [0.4, 0.5) is 5.69 Å². The Morgan fingerprint density at radius 2 is 2.13 bits per heavy atom. The molecule has 5 rings (SSSR count). The Labute approximate surface area is 186 Å². The Hall–Kier alpha value is -2.91. The van der Waals surface area contributed by atoms with Crippen molar-refractivity contribution in [3.63, 3.8) is 0 Å². The zero-order valence-corrected chi connectivity index (χ0v) is 18.6. The van der Waals surface area contributed by atoms with Crippen molar-refractivity contribution >= 4 is 50.4 Å². The summed E-state index contributed by atoms with van der Waals surface area (Å²) in [6.07, 6.45) is 5.79. The van der Waals surface area contributed by atoms with Crippen LogP contribution in [-0.2, 0) is 24.2 Å². The molecule has 10 heteroatoms. The molecule has 3 heterocycles. The second-order valence-corrected chi connectivity index (χ2v) is 9.11. The van der Waals surface area contributed by atoms with E-state index in [2.05, 4.69) is 15.4 Å². The molecule has 4 aromatic rings. The van der Waals surface area contributed by atoms with Gasteiger partial charge in [-0.1, -0.05) is 11.6 Å². The highest BCUT2D eigenvalue weighted by Crippen LogP contribution is 2.36. The maximum Gasteiger partial charge on any atom is 0.352 e. The first-order valence-corrected chi connectivity index (χ1v) is 11.2. The van der Waals surface area contributed by atoms with Crippen LogP contribution in [0.15, 0.2) is 23.3 Å². The molecular weight excluding hydrogens is 438 g/mol. The minimum Gasteiger partial charge on any atom is -0.495 e. The number of halogens is 1. The summed E-state index contributed by atoms with van der Waals surface area (Å²) in [5, 5.41) is 8.77. The topological polar surface area (TPSA) is 90.5 Å². The summed E-state index contributed by atoms with van der Waals surface area (Å²) in [6, 6.07) is 3.38. The van der Waals surface area contributed by atoms with Crippen molar-refractivity contribution < 1.29 is 9.53 Å². The van der Waals surface area contributed by atoms with Gasteiger partial charge in [-0.25, -0.2) is 18.9 Å². The van der Waals surface area contributed by atoms with E-state index in [1.54, 1.807) is 23.5 Å². The van der Waals surface area contributed by atoms with Crippen LogP contribution in [0.3, 0.4) is 0 Å². The summed E-state index contributed by atoms with van der Waals surface area (Å²) < 4.78 is 7.90. The fraction of sp³-hybridized carbons (Fsp3) is 0.333. The number of carbonyl (C=O) groups excluding carboxylic acids is 1. The van der Waals surface area contributed by atoms with Crippen LogP contribution in [0.25, 0.3) is 15.9 Å². The minimum atomic E-state index is -0.394. The zero-order chi connectivity index (χ0) is 21.7. The van der Waals surface area contributed by atoms with Crippen molar-refractivity contribution in [3.05, 3.63) is 50.0 Å². The van der Waals surface area contributed by atoms with E-state index in [1.807, 2.05) is 6.92 Å². The van der Waals surface area contributed by atoms with Crippen LogP contribution in [0.5, 0.6) is 5.75 Å². The zero-order valence-electron chi connectivity index (χ0n) is 17.1. The van der Waals surface area contributed by atoms with Crippen LogP contribution in [-0.4, -0.2) is 32.2 Å². The van der Waals surface area contributed by atoms with Crippen LogP contribution in [0, 0.1) is 6.92 Å². The summed E-state index contributed by atoms with van der Waals surface area (Å²) in [5.41, 5.74) is 2.70. The molecule has 160 valence electrons. The van der Waals surface area contributed by atoms with Gasteiger partial charge >= 0.3 is 5.69 Å². The van der Waals surface area contributed by atoms with E-state index in [4.69, 9.17) is 16.3 Å².